The van der Waals surface area contributed by atoms with Crippen molar-refractivity contribution in [1.29, 1.82) is 0 Å². The van der Waals surface area contributed by atoms with E-state index in [-0.39, 0.29) is 5.56 Å². The van der Waals surface area contributed by atoms with E-state index in [0.29, 0.717) is 11.4 Å². The van der Waals surface area contributed by atoms with E-state index in [9.17, 15) is 4.79 Å². The van der Waals surface area contributed by atoms with Crippen molar-refractivity contribution in [2.45, 2.75) is 18.8 Å². The molecule has 2 aromatic heterocycles. The molecule has 0 radical (unpaired) electrons. The molecule has 3 aromatic rings. The van der Waals surface area contributed by atoms with Gasteiger partial charge in [0.15, 0.2) is 0 Å². The van der Waals surface area contributed by atoms with Gasteiger partial charge in [-0.25, -0.2) is 0 Å². The minimum absolute atomic E-state index is 0.0155. The Kier molecular flexibility index (Phi) is 3.77. The Labute approximate surface area is 141 Å². The Morgan fingerprint density at radius 1 is 1.04 bits per heavy atom. The zero-order chi connectivity index (χ0) is 16.7. The maximum Gasteiger partial charge on any atom is 0.274 e. The number of aryl methyl sites for hydroxylation is 1. The molecule has 0 bridgehead atoms. The smallest absolute Gasteiger partial charge is 0.274 e. The molecule has 24 heavy (non-hydrogen) atoms. The van der Waals surface area contributed by atoms with Gasteiger partial charge in [0.25, 0.3) is 5.56 Å². The Morgan fingerprint density at radius 3 is 2.46 bits per heavy atom. The van der Waals surface area contributed by atoms with Gasteiger partial charge in [-0.05, 0) is 56.1 Å². The van der Waals surface area contributed by atoms with E-state index in [1.165, 1.54) is 31.5 Å². The van der Waals surface area contributed by atoms with Crippen molar-refractivity contribution in [1.82, 2.24) is 14.5 Å². The predicted molar refractivity (Wildman–Crippen MR) is 98.4 cm³/mol. The Hall–Kier alpha value is -2.33. The second kappa shape index (κ2) is 5.95. The molecule has 4 nitrogen and oxygen atoms in total. The van der Waals surface area contributed by atoms with Gasteiger partial charge in [-0.1, -0.05) is 24.3 Å². The van der Waals surface area contributed by atoms with Crippen LogP contribution in [0.3, 0.4) is 0 Å². The van der Waals surface area contributed by atoms with Gasteiger partial charge < -0.3 is 14.5 Å². The van der Waals surface area contributed by atoms with E-state index in [0.717, 1.165) is 16.5 Å². The third kappa shape index (κ3) is 2.57. The number of rotatable bonds is 2. The van der Waals surface area contributed by atoms with E-state index in [1.807, 2.05) is 18.5 Å². The minimum Gasteiger partial charge on any atom is -0.357 e. The number of fused-ring (bicyclic) bond motifs is 1. The minimum atomic E-state index is 0.0155. The van der Waals surface area contributed by atoms with E-state index in [4.69, 9.17) is 0 Å². The molecular weight excluding hydrogens is 298 g/mol. The number of aromatic amines is 1. The lowest BCUT2D eigenvalue weighted by Crippen LogP contribution is -2.29. The first-order valence-electron chi connectivity index (χ1n) is 8.59. The van der Waals surface area contributed by atoms with E-state index in [1.54, 1.807) is 11.6 Å². The predicted octanol–water partition coefficient (Wildman–Crippen LogP) is 3.34. The average Bonchev–Trinajstić information content (AvgIpc) is 3.09. The van der Waals surface area contributed by atoms with Gasteiger partial charge in [-0.15, -0.1) is 0 Å². The maximum atomic E-state index is 12.2. The van der Waals surface area contributed by atoms with E-state index in [2.05, 4.69) is 41.2 Å². The first-order valence-corrected chi connectivity index (χ1v) is 8.59. The van der Waals surface area contributed by atoms with Gasteiger partial charge in [0.05, 0.1) is 0 Å². The van der Waals surface area contributed by atoms with Gasteiger partial charge >= 0.3 is 0 Å². The molecule has 1 aliphatic rings. The van der Waals surface area contributed by atoms with E-state index < -0.39 is 0 Å². The molecule has 1 aromatic carbocycles. The number of pyridine rings is 1. The van der Waals surface area contributed by atoms with Crippen molar-refractivity contribution in [3.8, 4) is 11.1 Å². The summed E-state index contributed by atoms with van der Waals surface area (Å²) in [5, 5.41) is 0.991. The lowest BCUT2D eigenvalue weighted by atomic mass is 9.88. The molecule has 124 valence electrons. The number of H-pyrrole nitrogens is 1. The molecule has 4 heteroatoms. The number of piperidine rings is 1. The highest BCUT2D eigenvalue weighted by molar-refractivity contribution is 5.94. The van der Waals surface area contributed by atoms with Crippen LogP contribution < -0.4 is 5.56 Å². The molecule has 0 unspecified atom stereocenters. The monoisotopic (exact) mass is 321 g/mol. The topological polar surface area (TPSA) is 41.0 Å². The summed E-state index contributed by atoms with van der Waals surface area (Å²) in [6.45, 7) is 2.36. The summed E-state index contributed by atoms with van der Waals surface area (Å²) in [5.74, 6) is 0.669. The summed E-state index contributed by atoms with van der Waals surface area (Å²) in [6.07, 6.45) is 6.24. The summed E-state index contributed by atoms with van der Waals surface area (Å²) < 4.78 is 1.65. The Bertz CT molecular complexity index is 912. The third-order valence-electron chi connectivity index (χ3n) is 5.31. The highest BCUT2D eigenvalue weighted by Crippen LogP contribution is 2.31. The van der Waals surface area contributed by atoms with Crippen molar-refractivity contribution >= 4 is 10.9 Å². The standard InChI is InChI=1S/C20H23N3O/c1-22-11-8-15(9-12-22)14-3-5-16(6-4-14)18-13-23(2)20(24)19-17(18)7-10-21-19/h3-7,10,13,15,21H,8-9,11-12H2,1-2H3. The molecule has 3 heterocycles. The zero-order valence-corrected chi connectivity index (χ0v) is 14.2. The summed E-state index contributed by atoms with van der Waals surface area (Å²) in [4.78, 5) is 17.7. The molecule has 0 atom stereocenters. The zero-order valence-electron chi connectivity index (χ0n) is 14.2. The molecule has 1 N–H and O–H groups in total. The SMILES string of the molecule is CN1CCC(c2ccc(-c3cn(C)c(=O)c4[nH]ccc34)cc2)CC1. The summed E-state index contributed by atoms with van der Waals surface area (Å²) in [6, 6.07) is 10.9. The number of nitrogens with zero attached hydrogens (tertiary/aromatic N) is 2. The van der Waals surface area contributed by atoms with Crippen molar-refractivity contribution in [2.75, 3.05) is 20.1 Å². The average molecular weight is 321 g/mol. The fourth-order valence-electron chi connectivity index (χ4n) is 3.78. The summed E-state index contributed by atoms with van der Waals surface area (Å²) >= 11 is 0. The van der Waals surface area contributed by atoms with Gasteiger partial charge in [-0.2, -0.15) is 0 Å². The van der Waals surface area contributed by atoms with Crippen molar-refractivity contribution in [3.05, 3.63) is 58.6 Å². The normalized spacial score (nSPS) is 16.8. The van der Waals surface area contributed by atoms with Crippen molar-refractivity contribution in [3.63, 3.8) is 0 Å². The van der Waals surface area contributed by atoms with Crippen LogP contribution in [-0.4, -0.2) is 34.6 Å². The number of nitrogens with one attached hydrogen (secondary N) is 1. The first kappa shape index (κ1) is 15.2. The number of likely N-dealkylation sites (tertiary alicyclic amines) is 1. The second-order valence-corrected chi connectivity index (χ2v) is 6.92. The maximum absolute atomic E-state index is 12.2. The fraction of sp³-hybridized carbons (Fsp3) is 0.350. The number of benzene rings is 1. The van der Waals surface area contributed by atoms with Crippen LogP contribution in [0.15, 0.2) is 47.5 Å². The molecule has 0 aliphatic carbocycles. The number of aromatic nitrogens is 2. The van der Waals surface area contributed by atoms with Gasteiger partial charge in [-0.3, -0.25) is 4.79 Å². The van der Waals surface area contributed by atoms with Crippen molar-refractivity contribution in [2.24, 2.45) is 7.05 Å². The lowest BCUT2D eigenvalue weighted by Gasteiger charge is -2.29. The molecule has 0 amide bonds. The van der Waals surface area contributed by atoms with Crippen LogP contribution in [0.5, 0.6) is 0 Å². The Morgan fingerprint density at radius 2 is 1.75 bits per heavy atom. The van der Waals surface area contributed by atoms with Gasteiger partial charge in [0.1, 0.15) is 5.52 Å². The fourth-order valence-corrected chi connectivity index (χ4v) is 3.78. The van der Waals surface area contributed by atoms with Crippen LogP contribution in [0.4, 0.5) is 0 Å². The molecule has 1 saturated heterocycles. The highest BCUT2D eigenvalue weighted by Gasteiger charge is 2.18. The second-order valence-electron chi connectivity index (χ2n) is 6.92. The summed E-state index contributed by atoms with van der Waals surface area (Å²) in [5.41, 5.74) is 4.38. The van der Waals surface area contributed by atoms with Crippen LogP contribution in [0.1, 0.15) is 24.3 Å². The summed E-state index contributed by atoms with van der Waals surface area (Å²) in [7, 11) is 4.00. The molecule has 1 fully saturated rings. The molecule has 0 spiro atoms. The first-order chi connectivity index (χ1) is 11.6. The molecule has 0 saturated carbocycles. The molecular formula is C20H23N3O. The molecule has 4 rings (SSSR count). The molecule has 1 aliphatic heterocycles. The van der Waals surface area contributed by atoms with Crippen LogP contribution >= 0.6 is 0 Å². The lowest BCUT2D eigenvalue weighted by molar-refractivity contribution is 0.255. The van der Waals surface area contributed by atoms with Crippen LogP contribution in [0, 0.1) is 0 Å². The van der Waals surface area contributed by atoms with E-state index >= 15 is 0 Å². The Balaban J connectivity index is 1.70. The largest absolute Gasteiger partial charge is 0.357 e. The number of hydrogen-bond donors (Lipinski definition) is 1. The van der Waals surface area contributed by atoms with Crippen LogP contribution in [0.2, 0.25) is 0 Å². The van der Waals surface area contributed by atoms with Crippen LogP contribution in [0.25, 0.3) is 22.0 Å². The van der Waals surface area contributed by atoms with Crippen molar-refractivity contribution < 1.29 is 0 Å². The van der Waals surface area contributed by atoms with Gasteiger partial charge in [0, 0.05) is 30.4 Å². The third-order valence-corrected chi connectivity index (χ3v) is 5.31. The number of hydrogen-bond acceptors (Lipinski definition) is 2. The van der Waals surface area contributed by atoms with Crippen LogP contribution in [-0.2, 0) is 7.05 Å². The highest BCUT2D eigenvalue weighted by atomic mass is 16.1. The van der Waals surface area contributed by atoms with Gasteiger partial charge in [0.2, 0.25) is 0 Å². The quantitative estimate of drug-likeness (QED) is 0.786.